The van der Waals surface area contributed by atoms with Crippen molar-refractivity contribution in [2.45, 2.75) is 19.8 Å². The molecule has 1 saturated heterocycles. The van der Waals surface area contributed by atoms with Crippen LogP contribution in [0.15, 0.2) is 42.5 Å². The Morgan fingerprint density at radius 3 is 2.43 bits per heavy atom. The number of ether oxygens (including phenoxy) is 2. The van der Waals surface area contributed by atoms with Gasteiger partial charge in [-0.1, -0.05) is 17.7 Å². The highest BCUT2D eigenvalue weighted by molar-refractivity contribution is 5.96. The second kappa shape index (κ2) is 8.78. The van der Waals surface area contributed by atoms with Gasteiger partial charge in [0.25, 0.3) is 5.91 Å². The molecule has 2 amide bonds. The van der Waals surface area contributed by atoms with Gasteiger partial charge in [-0.15, -0.1) is 0 Å². The summed E-state index contributed by atoms with van der Waals surface area (Å²) < 4.78 is 10.5. The van der Waals surface area contributed by atoms with Crippen molar-refractivity contribution in [1.82, 2.24) is 4.90 Å². The molecule has 148 valence electrons. The smallest absolute Gasteiger partial charge is 0.253 e. The minimum Gasteiger partial charge on any atom is -0.497 e. The maximum atomic E-state index is 12.7. The van der Waals surface area contributed by atoms with Crippen molar-refractivity contribution >= 4 is 17.5 Å². The molecule has 2 aromatic rings. The number of methoxy groups -OCH3 is 2. The Morgan fingerprint density at radius 1 is 1.04 bits per heavy atom. The van der Waals surface area contributed by atoms with Crippen molar-refractivity contribution in [1.29, 1.82) is 0 Å². The number of nitrogens with one attached hydrogen (secondary N) is 1. The third-order valence-corrected chi connectivity index (χ3v) is 5.08. The molecule has 3 rings (SSSR count). The summed E-state index contributed by atoms with van der Waals surface area (Å²) in [6, 6.07) is 12.9. The Labute approximate surface area is 165 Å². The van der Waals surface area contributed by atoms with Crippen LogP contribution in [0, 0.1) is 12.8 Å². The van der Waals surface area contributed by atoms with Crippen LogP contribution in [0.5, 0.6) is 11.5 Å². The third-order valence-electron chi connectivity index (χ3n) is 5.08. The van der Waals surface area contributed by atoms with E-state index in [1.807, 2.05) is 36.1 Å². The van der Waals surface area contributed by atoms with Crippen LogP contribution in [0.4, 0.5) is 5.69 Å². The highest BCUT2D eigenvalue weighted by Crippen LogP contribution is 2.30. The molecule has 0 aromatic heterocycles. The van der Waals surface area contributed by atoms with E-state index in [4.69, 9.17) is 9.47 Å². The number of amides is 2. The standard InChI is InChI=1S/C22H26N2O4/c1-15-5-4-6-17(13-15)22(26)24-11-9-16(10-12-24)21(25)23-19-8-7-18(27-2)14-20(19)28-3/h4-8,13-14,16H,9-12H2,1-3H3,(H,23,25). The van der Waals surface area contributed by atoms with Crippen LogP contribution in [0.1, 0.15) is 28.8 Å². The first-order valence-corrected chi connectivity index (χ1v) is 9.40. The van der Waals surface area contributed by atoms with Crippen molar-refractivity contribution in [2.24, 2.45) is 5.92 Å². The predicted molar refractivity (Wildman–Crippen MR) is 108 cm³/mol. The summed E-state index contributed by atoms with van der Waals surface area (Å²) in [5.41, 5.74) is 2.38. The lowest BCUT2D eigenvalue weighted by Crippen LogP contribution is -2.41. The molecular weight excluding hydrogens is 356 g/mol. The number of anilines is 1. The number of piperidine rings is 1. The summed E-state index contributed by atoms with van der Waals surface area (Å²) in [6.45, 7) is 3.12. The number of hydrogen-bond acceptors (Lipinski definition) is 4. The van der Waals surface area contributed by atoms with Crippen molar-refractivity contribution in [2.75, 3.05) is 32.6 Å². The summed E-state index contributed by atoms with van der Waals surface area (Å²) in [5, 5.41) is 2.94. The molecule has 6 nitrogen and oxygen atoms in total. The number of aryl methyl sites for hydroxylation is 1. The van der Waals surface area contributed by atoms with E-state index in [0.717, 1.165) is 5.56 Å². The predicted octanol–water partition coefficient (Wildman–Crippen LogP) is 3.50. The molecule has 0 unspecified atom stereocenters. The molecule has 0 aliphatic carbocycles. The minimum absolute atomic E-state index is 0.0272. The van der Waals surface area contributed by atoms with E-state index in [2.05, 4.69) is 5.32 Å². The van der Waals surface area contributed by atoms with E-state index in [-0.39, 0.29) is 17.7 Å². The van der Waals surface area contributed by atoms with E-state index in [0.29, 0.717) is 48.7 Å². The summed E-state index contributed by atoms with van der Waals surface area (Å²) in [5.74, 6) is 1.07. The monoisotopic (exact) mass is 382 g/mol. The maximum absolute atomic E-state index is 12.7. The first-order valence-electron chi connectivity index (χ1n) is 9.40. The van der Waals surface area contributed by atoms with Crippen molar-refractivity contribution < 1.29 is 19.1 Å². The van der Waals surface area contributed by atoms with Crippen molar-refractivity contribution in [3.05, 3.63) is 53.6 Å². The Kier molecular flexibility index (Phi) is 6.19. The first-order chi connectivity index (χ1) is 13.5. The van der Waals surface area contributed by atoms with Gasteiger partial charge in [0.2, 0.25) is 5.91 Å². The van der Waals surface area contributed by atoms with Gasteiger partial charge in [-0.25, -0.2) is 0 Å². The molecule has 0 atom stereocenters. The molecule has 1 heterocycles. The quantitative estimate of drug-likeness (QED) is 0.859. The lowest BCUT2D eigenvalue weighted by molar-refractivity contribution is -0.121. The Bertz CT molecular complexity index is 857. The van der Waals surface area contributed by atoms with Crippen molar-refractivity contribution in [3.63, 3.8) is 0 Å². The lowest BCUT2D eigenvalue weighted by atomic mass is 9.95. The molecule has 6 heteroatoms. The van der Waals surface area contributed by atoms with Crippen LogP contribution in [0.3, 0.4) is 0 Å². The van der Waals surface area contributed by atoms with Crippen LogP contribution in [-0.4, -0.2) is 44.0 Å². The molecule has 0 saturated carbocycles. The number of nitrogens with zero attached hydrogens (tertiary/aromatic N) is 1. The Hall–Kier alpha value is -3.02. The minimum atomic E-state index is -0.131. The number of benzene rings is 2. The van der Waals surface area contributed by atoms with Crippen molar-refractivity contribution in [3.8, 4) is 11.5 Å². The van der Waals surface area contributed by atoms with Crippen LogP contribution in [0.2, 0.25) is 0 Å². The third kappa shape index (κ3) is 4.44. The summed E-state index contributed by atoms with van der Waals surface area (Å²) in [6.07, 6.45) is 1.28. The van der Waals surface area contributed by atoms with Gasteiger partial charge < -0.3 is 19.7 Å². The fraction of sp³-hybridized carbons (Fsp3) is 0.364. The van der Waals surface area contributed by atoms with Gasteiger partial charge in [-0.05, 0) is 44.0 Å². The average molecular weight is 382 g/mol. The SMILES string of the molecule is COc1ccc(NC(=O)C2CCN(C(=O)c3cccc(C)c3)CC2)c(OC)c1. The van der Waals surface area contributed by atoms with Gasteiger partial charge in [0, 0.05) is 30.6 Å². The van der Waals surface area contributed by atoms with E-state index in [9.17, 15) is 9.59 Å². The maximum Gasteiger partial charge on any atom is 0.253 e. The average Bonchev–Trinajstić information content (AvgIpc) is 2.73. The Morgan fingerprint density at radius 2 is 1.79 bits per heavy atom. The molecule has 1 aliphatic rings. The molecule has 28 heavy (non-hydrogen) atoms. The van der Waals surface area contributed by atoms with Crippen LogP contribution < -0.4 is 14.8 Å². The summed E-state index contributed by atoms with van der Waals surface area (Å²) >= 11 is 0. The largest absolute Gasteiger partial charge is 0.497 e. The molecule has 1 aliphatic heterocycles. The summed E-state index contributed by atoms with van der Waals surface area (Å²) in [4.78, 5) is 27.2. The zero-order valence-electron chi connectivity index (χ0n) is 16.5. The van der Waals surface area contributed by atoms with E-state index in [1.54, 1.807) is 32.4 Å². The molecule has 0 bridgehead atoms. The van der Waals surface area contributed by atoms with E-state index < -0.39 is 0 Å². The van der Waals surface area contributed by atoms with Gasteiger partial charge in [-0.2, -0.15) is 0 Å². The molecule has 2 aromatic carbocycles. The zero-order valence-corrected chi connectivity index (χ0v) is 16.5. The highest BCUT2D eigenvalue weighted by atomic mass is 16.5. The number of rotatable bonds is 5. The van der Waals surface area contributed by atoms with Gasteiger partial charge in [0.05, 0.1) is 19.9 Å². The molecule has 0 radical (unpaired) electrons. The van der Waals surface area contributed by atoms with Crippen LogP contribution in [0.25, 0.3) is 0 Å². The first kappa shape index (κ1) is 19.7. The van der Waals surface area contributed by atoms with Gasteiger partial charge in [0.1, 0.15) is 11.5 Å². The van der Waals surface area contributed by atoms with Crippen LogP contribution >= 0.6 is 0 Å². The van der Waals surface area contributed by atoms with Gasteiger partial charge >= 0.3 is 0 Å². The lowest BCUT2D eigenvalue weighted by Gasteiger charge is -2.31. The van der Waals surface area contributed by atoms with E-state index in [1.165, 1.54) is 0 Å². The number of carbonyl (C=O) groups is 2. The number of hydrogen-bond donors (Lipinski definition) is 1. The van der Waals surface area contributed by atoms with Gasteiger partial charge in [0.15, 0.2) is 0 Å². The molecular formula is C22H26N2O4. The van der Waals surface area contributed by atoms with E-state index >= 15 is 0 Å². The van der Waals surface area contributed by atoms with Gasteiger partial charge in [-0.3, -0.25) is 9.59 Å². The normalized spacial score (nSPS) is 14.5. The second-order valence-corrected chi connectivity index (χ2v) is 6.99. The molecule has 0 spiro atoms. The molecule has 1 fully saturated rings. The molecule has 1 N–H and O–H groups in total. The topological polar surface area (TPSA) is 67.9 Å². The zero-order chi connectivity index (χ0) is 20.1. The summed E-state index contributed by atoms with van der Waals surface area (Å²) in [7, 11) is 3.14. The number of carbonyl (C=O) groups excluding carboxylic acids is 2. The fourth-order valence-electron chi connectivity index (χ4n) is 3.44. The second-order valence-electron chi connectivity index (χ2n) is 6.99. The Balaban J connectivity index is 1.59. The van der Waals surface area contributed by atoms with Crippen LogP contribution in [-0.2, 0) is 4.79 Å². The number of likely N-dealkylation sites (tertiary alicyclic amines) is 1. The highest BCUT2D eigenvalue weighted by Gasteiger charge is 2.28. The fourth-order valence-corrected chi connectivity index (χ4v) is 3.44.